The third kappa shape index (κ3) is 3.02. The Balaban J connectivity index is 1.55. The van der Waals surface area contributed by atoms with Gasteiger partial charge in [0.2, 0.25) is 17.0 Å². The Bertz CT molecular complexity index is 871. The first-order valence-corrected chi connectivity index (χ1v) is 8.75. The summed E-state index contributed by atoms with van der Waals surface area (Å²) in [6.07, 6.45) is 2.65. The Labute approximate surface area is 149 Å². The van der Waals surface area contributed by atoms with Crippen LogP contribution in [0.2, 0.25) is 0 Å². The number of methoxy groups -OCH3 is 1. The zero-order chi connectivity index (χ0) is 17.4. The number of hydrogen-bond acceptors (Lipinski definition) is 8. The molecular weight excluding hydrogens is 338 g/mol. The van der Waals surface area contributed by atoms with Crippen molar-refractivity contribution in [2.75, 3.05) is 37.5 Å². The van der Waals surface area contributed by atoms with Crippen LogP contribution in [0.3, 0.4) is 0 Å². The van der Waals surface area contributed by atoms with E-state index in [1.165, 1.54) is 11.5 Å². The summed E-state index contributed by atoms with van der Waals surface area (Å²) >= 11 is 1.43. The fraction of sp³-hybridized carbons (Fsp3) is 0.375. The van der Waals surface area contributed by atoms with E-state index in [4.69, 9.17) is 9.72 Å². The summed E-state index contributed by atoms with van der Waals surface area (Å²) in [7, 11) is 5.51. The van der Waals surface area contributed by atoms with E-state index in [1.54, 1.807) is 13.3 Å². The number of nitrogens with one attached hydrogen (secondary N) is 1. The van der Waals surface area contributed by atoms with Crippen LogP contribution in [0.5, 0.6) is 5.88 Å². The normalized spacial score (nSPS) is 13.6. The highest BCUT2D eigenvalue weighted by Crippen LogP contribution is 2.28. The molecule has 4 rings (SSSR count). The van der Waals surface area contributed by atoms with Gasteiger partial charge in [0, 0.05) is 56.4 Å². The average molecular weight is 357 g/mol. The lowest BCUT2D eigenvalue weighted by Crippen LogP contribution is -2.30. The van der Waals surface area contributed by atoms with Crippen molar-refractivity contribution in [3.8, 4) is 17.3 Å². The number of hydrogen-bond donors (Lipinski definition) is 1. The summed E-state index contributed by atoms with van der Waals surface area (Å²) in [6, 6.07) is 3.80. The average Bonchev–Trinajstić information content (AvgIpc) is 3.28. The Kier molecular flexibility index (Phi) is 4.00. The second-order valence-electron chi connectivity index (χ2n) is 6.04. The maximum atomic E-state index is 5.10. The Morgan fingerprint density at radius 2 is 2.16 bits per heavy atom. The van der Waals surface area contributed by atoms with Gasteiger partial charge in [0.15, 0.2) is 0 Å². The first-order valence-electron chi connectivity index (χ1n) is 7.98. The minimum atomic E-state index is 0.596. The lowest BCUT2D eigenvalue weighted by atomic mass is 10.1. The molecule has 25 heavy (non-hydrogen) atoms. The van der Waals surface area contributed by atoms with Crippen molar-refractivity contribution in [1.82, 2.24) is 24.3 Å². The number of anilines is 2. The van der Waals surface area contributed by atoms with Gasteiger partial charge in [-0.05, 0) is 6.07 Å². The molecule has 0 aromatic carbocycles. The minimum Gasteiger partial charge on any atom is -0.481 e. The number of fused-ring (bicyclic) bond motifs is 1. The summed E-state index contributed by atoms with van der Waals surface area (Å²) in [5, 5.41) is 0.941. The molecular formula is C16H19N7OS. The molecule has 8 nitrogen and oxygen atoms in total. The summed E-state index contributed by atoms with van der Waals surface area (Å²) in [5.41, 5.74) is 3.19. The van der Waals surface area contributed by atoms with Crippen LogP contribution in [-0.4, -0.2) is 52.1 Å². The molecule has 1 aliphatic heterocycles. The van der Waals surface area contributed by atoms with Gasteiger partial charge < -0.3 is 19.5 Å². The molecule has 0 bridgehead atoms. The van der Waals surface area contributed by atoms with Crippen LogP contribution < -0.4 is 14.5 Å². The third-order valence-electron chi connectivity index (χ3n) is 4.13. The van der Waals surface area contributed by atoms with Crippen molar-refractivity contribution in [2.45, 2.75) is 13.0 Å². The van der Waals surface area contributed by atoms with Crippen molar-refractivity contribution < 1.29 is 4.74 Å². The first kappa shape index (κ1) is 15.8. The topological polar surface area (TPSA) is 83.1 Å². The number of H-pyrrole nitrogens is 1. The molecule has 4 heterocycles. The maximum Gasteiger partial charge on any atom is 0.238 e. The standard InChI is InChI=1S/C16H19N7OS/c1-22(2)15-20-16(25-21-15)23-7-6-11-12(9-23)19-14(18-11)10-4-5-13(24-3)17-8-10/h4-5,8H,6-7,9H2,1-3H3,(H,18,19). The quantitative estimate of drug-likeness (QED) is 0.764. The number of aromatic nitrogens is 5. The Morgan fingerprint density at radius 3 is 2.84 bits per heavy atom. The van der Waals surface area contributed by atoms with E-state index in [0.717, 1.165) is 53.4 Å². The number of imidazole rings is 1. The van der Waals surface area contributed by atoms with E-state index in [9.17, 15) is 0 Å². The summed E-state index contributed by atoms with van der Waals surface area (Å²) in [4.78, 5) is 21.2. The summed E-state index contributed by atoms with van der Waals surface area (Å²) in [5.74, 6) is 2.19. The van der Waals surface area contributed by atoms with Crippen LogP contribution >= 0.6 is 11.5 Å². The molecule has 0 saturated heterocycles. The molecule has 3 aromatic heterocycles. The van der Waals surface area contributed by atoms with E-state index < -0.39 is 0 Å². The van der Waals surface area contributed by atoms with Gasteiger partial charge in [-0.1, -0.05) is 0 Å². The van der Waals surface area contributed by atoms with Crippen LogP contribution in [-0.2, 0) is 13.0 Å². The first-order chi connectivity index (χ1) is 12.1. The van der Waals surface area contributed by atoms with Crippen LogP contribution in [0.15, 0.2) is 18.3 Å². The van der Waals surface area contributed by atoms with E-state index >= 15 is 0 Å². The van der Waals surface area contributed by atoms with E-state index in [1.807, 2.05) is 31.1 Å². The highest BCUT2D eigenvalue weighted by atomic mass is 32.1. The van der Waals surface area contributed by atoms with Gasteiger partial charge in [-0.3, -0.25) is 0 Å². The van der Waals surface area contributed by atoms with Crippen molar-refractivity contribution >= 4 is 22.6 Å². The van der Waals surface area contributed by atoms with Crippen molar-refractivity contribution in [1.29, 1.82) is 0 Å². The molecule has 130 valence electrons. The number of rotatable bonds is 4. The largest absolute Gasteiger partial charge is 0.481 e. The minimum absolute atomic E-state index is 0.596. The van der Waals surface area contributed by atoms with E-state index in [-0.39, 0.29) is 0 Å². The van der Waals surface area contributed by atoms with Crippen LogP contribution in [0.25, 0.3) is 11.4 Å². The molecule has 1 aliphatic rings. The predicted octanol–water partition coefficient (Wildman–Crippen LogP) is 1.96. The van der Waals surface area contributed by atoms with Crippen molar-refractivity contribution in [3.63, 3.8) is 0 Å². The number of aromatic amines is 1. The lowest BCUT2D eigenvalue weighted by molar-refractivity contribution is 0.398. The van der Waals surface area contributed by atoms with Gasteiger partial charge in [-0.15, -0.1) is 0 Å². The zero-order valence-electron chi connectivity index (χ0n) is 14.4. The molecule has 0 amide bonds. The maximum absolute atomic E-state index is 5.10. The molecule has 0 saturated carbocycles. The molecule has 0 fully saturated rings. The molecule has 3 aromatic rings. The number of pyridine rings is 1. The highest BCUT2D eigenvalue weighted by Gasteiger charge is 2.23. The Morgan fingerprint density at radius 1 is 1.28 bits per heavy atom. The van der Waals surface area contributed by atoms with Gasteiger partial charge in [-0.2, -0.15) is 9.36 Å². The summed E-state index contributed by atoms with van der Waals surface area (Å²) < 4.78 is 9.49. The van der Waals surface area contributed by atoms with Gasteiger partial charge in [0.05, 0.1) is 25.0 Å². The lowest BCUT2D eigenvalue weighted by Gasteiger charge is -2.25. The van der Waals surface area contributed by atoms with Gasteiger partial charge >= 0.3 is 0 Å². The van der Waals surface area contributed by atoms with Crippen LogP contribution in [0, 0.1) is 0 Å². The third-order valence-corrected chi connectivity index (χ3v) is 4.89. The molecule has 0 aliphatic carbocycles. The molecule has 0 radical (unpaired) electrons. The van der Waals surface area contributed by atoms with Gasteiger partial charge in [0.25, 0.3) is 0 Å². The van der Waals surface area contributed by atoms with Crippen LogP contribution in [0.4, 0.5) is 11.1 Å². The van der Waals surface area contributed by atoms with Gasteiger partial charge in [-0.25, -0.2) is 9.97 Å². The number of nitrogens with zero attached hydrogens (tertiary/aromatic N) is 6. The van der Waals surface area contributed by atoms with Crippen LogP contribution in [0.1, 0.15) is 11.4 Å². The molecule has 1 N–H and O–H groups in total. The fourth-order valence-electron chi connectivity index (χ4n) is 2.75. The van der Waals surface area contributed by atoms with E-state index in [0.29, 0.717) is 5.88 Å². The van der Waals surface area contributed by atoms with Crippen molar-refractivity contribution in [3.05, 3.63) is 29.7 Å². The summed E-state index contributed by atoms with van der Waals surface area (Å²) in [6.45, 7) is 1.65. The van der Waals surface area contributed by atoms with Crippen molar-refractivity contribution in [2.24, 2.45) is 0 Å². The smallest absolute Gasteiger partial charge is 0.238 e. The predicted molar refractivity (Wildman–Crippen MR) is 97.4 cm³/mol. The fourth-order valence-corrected chi connectivity index (χ4v) is 3.51. The monoisotopic (exact) mass is 357 g/mol. The van der Waals surface area contributed by atoms with Gasteiger partial charge in [0.1, 0.15) is 5.82 Å². The highest BCUT2D eigenvalue weighted by molar-refractivity contribution is 7.09. The zero-order valence-corrected chi connectivity index (χ0v) is 15.2. The van der Waals surface area contributed by atoms with E-state index in [2.05, 4.69) is 24.2 Å². The number of ether oxygens (including phenoxy) is 1. The molecule has 0 unspecified atom stereocenters. The Hall–Kier alpha value is -2.68. The second kappa shape index (κ2) is 6.32. The SMILES string of the molecule is COc1ccc(-c2nc3c([nH]2)CN(c2nc(N(C)C)ns2)CC3)cn1. The molecule has 0 spiro atoms. The second-order valence-corrected chi connectivity index (χ2v) is 6.77. The molecule has 9 heteroatoms. The molecule has 0 atom stereocenters.